The first-order valence-electron chi connectivity index (χ1n) is 8.95. The van der Waals surface area contributed by atoms with Gasteiger partial charge in [-0.3, -0.25) is 4.79 Å². The van der Waals surface area contributed by atoms with E-state index in [9.17, 15) is 13.2 Å². The van der Waals surface area contributed by atoms with Crippen LogP contribution in [-0.4, -0.2) is 49.1 Å². The Morgan fingerprint density at radius 1 is 1.10 bits per heavy atom. The minimum Gasteiger partial charge on any atom is -0.454 e. The lowest BCUT2D eigenvalue weighted by Gasteiger charge is -2.26. The molecule has 0 aliphatic carbocycles. The lowest BCUT2D eigenvalue weighted by molar-refractivity contribution is 0.100. The molecule has 3 aliphatic heterocycles. The van der Waals surface area contributed by atoms with Crippen molar-refractivity contribution in [1.82, 2.24) is 0 Å². The average molecular weight is 485 g/mol. The molecule has 3 aliphatic rings. The minimum absolute atomic E-state index is 0.0120. The zero-order valence-electron chi connectivity index (χ0n) is 15.2. The second kappa shape index (κ2) is 7.33. The lowest BCUT2D eigenvalue weighted by Crippen LogP contribution is -2.38. The lowest BCUT2D eigenvalue weighted by atomic mass is 10.2. The third kappa shape index (κ3) is 3.43. The zero-order chi connectivity index (χ0) is 21.0. The van der Waals surface area contributed by atoms with Crippen molar-refractivity contribution in [3.8, 4) is 11.5 Å². The molecule has 0 saturated carbocycles. The first-order chi connectivity index (χ1) is 14.3. The Balaban J connectivity index is 1.55. The summed E-state index contributed by atoms with van der Waals surface area (Å²) in [5.74, 6) is 0.529. The molecule has 156 valence electrons. The van der Waals surface area contributed by atoms with Gasteiger partial charge in [-0.05, 0) is 30.3 Å². The number of thioether (sulfide) groups is 1. The Bertz CT molecular complexity index is 1180. The molecule has 2 aromatic rings. The SMILES string of the molecule is O=C(N=C1S[C@H]2CS(=O)(=O)C[C@H]2N1c1c(Cl)cccc1Cl)c1ccc2c(c1)OCO2. The van der Waals surface area contributed by atoms with Gasteiger partial charge in [0.05, 0.1) is 33.3 Å². The normalized spacial score (nSPS) is 25.0. The first-order valence-corrected chi connectivity index (χ1v) is 12.4. The predicted molar refractivity (Wildman–Crippen MR) is 117 cm³/mol. The molecule has 30 heavy (non-hydrogen) atoms. The largest absolute Gasteiger partial charge is 0.454 e. The van der Waals surface area contributed by atoms with E-state index in [4.69, 9.17) is 32.7 Å². The summed E-state index contributed by atoms with van der Waals surface area (Å²) in [7, 11) is -3.20. The van der Waals surface area contributed by atoms with Crippen molar-refractivity contribution in [2.24, 2.45) is 4.99 Å². The maximum atomic E-state index is 12.9. The number of sulfone groups is 1. The quantitative estimate of drug-likeness (QED) is 0.642. The van der Waals surface area contributed by atoms with Crippen LogP contribution < -0.4 is 14.4 Å². The average Bonchev–Trinajstić information content (AvgIpc) is 3.34. The number of anilines is 1. The summed E-state index contributed by atoms with van der Waals surface area (Å²) in [6.45, 7) is 0.105. The molecule has 5 rings (SSSR count). The van der Waals surface area contributed by atoms with Gasteiger partial charge in [-0.15, -0.1) is 0 Å². The van der Waals surface area contributed by atoms with Crippen LogP contribution in [0.1, 0.15) is 10.4 Å². The van der Waals surface area contributed by atoms with E-state index in [1.165, 1.54) is 11.8 Å². The summed E-state index contributed by atoms with van der Waals surface area (Å²) in [5, 5.41) is 0.829. The molecule has 3 heterocycles. The maximum absolute atomic E-state index is 12.9. The van der Waals surface area contributed by atoms with E-state index < -0.39 is 21.8 Å². The minimum atomic E-state index is -3.20. The van der Waals surface area contributed by atoms with Crippen LogP contribution in [0.5, 0.6) is 11.5 Å². The van der Waals surface area contributed by atoms with E-state index >= 15 is 0 Å². The molecule has 0 aromatic heterocycles. The van der Waals surface area contributed by atoms with Gasteiger partial charge in [0.2, 0.25) is 6.79 Å². The van der Waals surface area contributed by atoms with Crippen LogP contribution in [0.4, 0.5) is 5.69 Å². The topological polar surface area (TPSA) is 85.3 Å². The Hall–Kier alpha value is -1.94. The molecule has 0 spiro atoms. The molecular weight excluding hydrogens is 471 g/mol. The summed E-state index contributed by atoms with van der Waals surface area (Å²) in [6, 6.07) is 9.48. The van der Waals surface area contributed by atoms with Gasteiger partial charge < -0.3 is 14.4 Å². The molecule has 0 bridgehead atoms. The number of fused-ring (bicyclic) bond motifs is 2. The molecule has 0 radical (unpaired) electrons. The van der Waals surface area contributed by atoms with Crippen LogP contribution in [0, 0.1) is 0 Å². The monoisotopic (exact) mass is 484 g/mol. The smallest absolute Gasteiger partial charge is 0.279 e. The Labute approximate surface area is 186 Å². The zero-order valence-corrected chi connectivity index (χ0v) is 18.4. The molecule has 11 heteroatoms. The number of halogens is 2. The predicted octanol–water partition coefficient (Wildman–Crippen LogP) is 3.64. The Morgan fingerprint density at radius 2 is 1.83 bits per heavy atom. The van der Waals surface area contributed by atoms with E-state index in [0.717, 1.165) is 0 Å². The summed E-state index contributed by atoms with van der Waals surface area (Å²) >= 11 is 14.1. The number of ether oxygens (including phenoxy) is 2. The van der Waals surface area contributed by atoms with Gasteiger partial charge in [-0.1, -0.05) is 41.0 Å². The molecule has 2 atom stereocenters. The highest BCUT2D eigenvalue weighted by Crippen LogP contribution is 2.45. The van der Waals surface area contributed by atoms with Crippen LogP contribution in [0.15, 0.2) is 41.4 Å². The van der Waals surface area contributed by atoms with E-state index in [1.807, 2.05) is 0 Å². The van der Waals surface area contributed by atoms with Crippen molar-refractivity contribution in [1.29, 1.82) is 0 Å². The van der Waals surface area contributed by atoms with Crippen LogP contribution in [-0.2, 0) is 9.84 Å². The number of carbonyl (C=O) groups excluding carboxylic acids is 1. The summed E-state index contributed by atoms with van der Waals surface area (Å²) < 4.78 is 35.0. The van der Waals surface area contributed by atoms with Gasteiger partial charge in [-0.2, -0.15) is 4.99 Å². The molecule has 7 nitrogen and oxygen atoms in total. The van der Waals surface area contributed by atoms with Crippen LogP contribution in [0.25, 0.3) is 0 Å². The molecule has 0 unspecified atom stereocenters. The number of amidine groups is 1. The summed E-state index contributed by atoms with van der Waals surface area (Å²) in [5.41, 5.74) is 0.789. The number of para-hydroxylation sites is 1. The highest BCUT2D eigenvalue weighted by molar-refractivity contribution is 8.16. The second-order valence-corrected chi connectivity index (χ2v) is 11.2. The summed E-state index contributed by atoms with van der Waals surface area (Å²) in [6.07, 6.45) is 0. The number of carbonyl (C=O) groups is 1. The Kier molecular flexibility index (Phi) is 4.89. The highest BCUT2D eigenvalue weighted by Gasteiger charge is 2.50. The fourth-order valence-corrected chi connectivity index (χ4v) is 8.20. The standard InChI is InChI=1S/C19H14Cl2N2O5S2/c20-11-2-1-3-12(21)17(11)23-13-7-30(25,26)8-16(13)29-19(23)22-18(24)10-4-5-14-15(6-10)28-9-27-14/h1-6,13,16H,7-9H2/t13-,16+/m1/s1. The molecule has 2 aromatic carbocycles. The van der Waals surface area contributed by atoms with Gasteiger partial charge in [-0.25, -0.2) is 8.42 Å². The van der Waals surface area contributed by atoms with Crippen LogP contribution in [0.2, 0.25) is 10.0 Å². The first kappa shape index (κ1) is 20.0. The number of aliphatic imine (C=N–C) groups is 1. The number of benzene rings is 2. The molecule has 0 N–H and O–H groups in total. The number of amides is 1. The number of hydrogen-bond donors (Lipinski definition) is 0. The van der Waals surface area contributed by atoms with Gasteiger partial charge in [0, 0.05) is 10.8 Å². The van der Waals surface area contributed by atoms with Crippen LogP contribution in [0.3, 0.4) is 0 Å². The van der Waals surface area contributed by atoms with E-state index in [-0.39, 0.29) is 23.5 Å². The van der Waals surface area contributed by atoms with Crippen molar-refractivity contribution >= 4 is 61.6 Å². The van der Waals surface area contributed by atoms with Crippen LogP contribution >= 0.6 is 35.0 Å². The molecule has 2 saturated heterocycles. The van der Waals surface area contributed by atoms with Crippen molar-refractivity contribution in [2.75, 3.05) is 23.2 Å². The van der Waals surface area contributed by atoms with E-state index in [0.29, 0.717) is 38.0 Å². The van der Waals surface area contributed by atoms with Gasteiger partial charge in [0.15, 0.2) is 26.5 Å². The number of hydrogen-bond acceptors (Lipinski definition) is 6. The van der Waals surface area contributed by atoms with Gasteiger partial charge >= 0.3 is 0 Å². The van der Waals surface area contributed by atoms with Gasteiger partial charge in [0.1, 0.15) is 0 Å². The third-order valence-corrected chi connectivity index (χ3v) is 8.88. The van der Waals surface area contributed by atoms with Crippen molar-refractivity contribution in [2.45, 2.75) is 11.3 Å². The van der Waals surface area contributed by atoms with Crippen molar-refractivity contribution in [3.63, 3.8) is 0 Å². The van der Waals surface area contributed by atoms with Gasteiger partial charge in [0.25, 0.3) is 5.91 Å². The Morgan fingerprint density at radius 3 is 2.60 bits per heavy atom. The molecule has 1 amide bonds. The van der Waals surface area contributed by atoms with Crippen molar-refractivity contribution in [3.05, 3.63) is 52.0 Å². The van der Waals surface area contributed by atoms with E-state index in [2.05, 4.69) is 4.99 Å². The highest BCUT2D eigenvalue weighted by atomic mass is 35.5. The molecule has 2 fully saturated rings. The third-order valence-electron chi connectivity index (χ3n) is 5.06. The second-order valence-electron chi connectivity index (χ2n) is 7.01. The number of rotatable bonds is 2. The fourth-order valence-electron chi connectivity index (χ4n) is 3.73. The molecular formula is C19H14Cl2N2O5S2. The maximum Gasteiger partial charge on any atom is 0.279 e. The summed E-state index contributed by atoms with van der Waals surface area (Å²) in [4.78, 5) is 18.9. The van der Waals surface area contributed by atoms with Crippen molar-refractivity contribution < 1.29 is 22.7 Å². The fraction of sp³-hybridized carbons (Fsp3) is 0.263. The van der Waals surface area contributed by atoms with E-state index in [1.54, 1.807) is 41.3 Å². The number of nitrogens with zero attached hydrogens (tertiary/aromatic N) is 2.